The maximum Gasteiger partial charge on any atom is 0.254 e. The molecule has 0 bridgehead atoms. The predicted molar refractivity (Wildman–Crippen MR) is 72.1 cm³/mol. The van der Waals surface area contributed by atoms with E-state index in [-0.39, 0.29) is 16.6 Å². The number of halogens is 2. The summed E-state index contributed by atoms with van der Waals surface area (Å²) in [5.41, 5.74) is 0.0352. The van der Waals surface area contributed by atoms with E-state index in [9.17, 15) is 9.18 Å². The fraction of sp³-hybridized carbons (Fsp3) is 0.250. The van der Waals surface area contributed by atoms with Gasteiger partial charge in [0, 0.05) is 24.0 Å². The minimum atomic E-state index is -0.595. The molecule has 0 saturated heterocycles. The van der Waals surface area contributed by atoms with Crippen LogP contribution in [0, 0.1) is 5.82 Å². The third kappa shape index (κ3) is 3.48. The number of pyridine rings is 1. The lowest BCUT2D eigenvalue weighted by Crippen LogP contribution is -2.28. The first-order chi connectivity index (χ1) is 9.08. The van der Waals surface area contributed by atoms with Crippen molar-refractivity contribution in [3.05, 3.63) is 45.4 Å². The Balaban J connectivity index is 2.00. The van der Waals surface area contributed by atoms with Crippen LogP contribution in [0.2, 0.25) is 5.15 Å². The van der Waals surface area contributed by atoms with Gasteiger partial charge < -0.3 is 5.32 Å². The van der Waals surface area contributed by atoms with Gasteiger partial charge >= 0.3 is 0 Å². The molecule has 1 amide bonds. The van der Waals surface area contributed by atoms with Gasteiger partial charge in [0.25, 0.3) is 5.91 Å². The molecule has 2 heterocycles. The van der Waals surface area contributed by atoms with Crippen LogP contribution < -0.4 is 5.32 Å². The summed E-state index contributed by atoms with van der Waals surface area (Å²) >= 11 is 7.28. The Bertz CT molecular complexity index is 576. The van der Waals surface area contributed by atoms with Crippen LogP contribution in [0.15, 0.2) is 23.8 Å². The minimum absolute atomic E-state index is 0.0131. The molecule has 0 spiro atoms. The summed E-state index contributed by atoms with van der Waals surface area (Å²) in [6.07, 6.45) is 2.68. The van der Waals surface area contributed by atoms with E-state index in [1.54, 1.807) is 6.20 Å². The first kappa shape index (κ1) is 13.9. The van der Waals surface area contributed by atoms with Crippen molar-refractivity contribution in [1.82, 2.24) is 15.3 Å². The summed E-state index contributed by atoms with van der Waals surface area (Å²) in [5.74, 6) is -0.952. The fourth-order valence-corrected chi connectivity index (χ4v) is 2.38. The summed E-state index contributed by atoms with van der Waals surface area (Å²) < 4.78 is 13.0. The molecule has 0 aliphatic rings. The van der Waals surface area contributed by atoms with Gasteiger partial charge in [0.2, 0.25) is 0 Å². The lowest BCUT2D eigenvalue weighted by atomic mass is 10.2. The number of carbonyl (C=O) groups excluding carboxylic acids is 1. The van der Waals surface area contributed by atoms with Crippen molar-refractivity contribution in [3.63, 3.8) is 0 Å². The molecule has 2 aromatic rings. The van der Waals surface area contributed by atoms with Crippen LogP contribution in [0.1, 0.15) is 28.2 Å². The number of aromatic nitrogens is 2. The Morgan fingerprint density at radius 3 is 3.05 bits per heavy atom. The third-order valence-electron chi connectivity index (χ3n) is 2.49. The fourth-order valence-electron chi connectivity index (χ4n) is 1.49. The summed E-state index contributed by atoms with van der Waals surface area (Å²) in [4.78, 5) is 19.6. The lowest BCUT2D eigenvalue weighted by molar-refractivity contribution is 0.0951. The largest absolute Gasteiger partial charge is 0.351 e. The smallest absolute Gasteiger partial charge is 0.254 e. The van der Waals surface area contributed by atoms with Crippen molar-refractivity contribution >= 4 is 28.8 Å². The van der Waals surface area contributed by atoms with Gasteiger partial charge in [-0.25, -0.2) is 14.4 Å². The molecule has 1 unspecified atom stereocenters. The summed E-state index contributed by atoms with van der Waals surface area (Å²) in [6, 6.07) is 1.07. The molecule has 0 saturated carbocycles. The SMILES string of the molecule is CC(CNC(=O)c1cc(F)cnc1Cl)c1nccs1. The molecule has 0 radical (unpaired) electrons. The Hall–Kier alpha value is -1.53. The molecule has 0 aliphatic carbocycles. The summed E-state index contributed by atoms with van der Waals surface area (Å²) in [7, 11) is 0. The number of hydrogen-bond acceptors (Lipinski definition) is 4. The Kier molecular flexibility index (Phi) is 4.44. The van der Waals surface area contributed by atoms with Crippen molar-refractivity contribution in [1.29, 1.82) is 0 Å². The van der Waals surface area contributed by atoms with E-state index in [1.807, 2.05) is 12.3 Å². The number of nitrogens with zero attached hydrogens (tertiary/aromatic N) is 2. The highest BCUT2D eigenvalue weighted by Gasteiger charge is 2.15. The monoisotopic (exact) mass is 299 g/mol. The first-order valence-electron chi connectivity index (χ1n) is 5.56. The number of rotatable bonds is 4. The van der Waals surface area contributed by atoms with Crippen molar-refractivity contribution in [2.75, 3.05) is 6.54 Å². The predicted octanol–water partition coefficient (Wildman–Crippen LogP) is 2.86. The van der Waals surface area contributed by atoms with E-state index in [0.29, 0.717) is 6.54 Å². The Morgan fingerprint density at radius 1 is 1.58 bits per heavy atom. The second-order valence-corrected chi connectivity index (χ2v) is 5.26. The zero-order valence-corrected chi connectivity index (χ0v) is 11.6. The van der Waals surface area contributed by atoms with Crippen LogP contribution in [-0.2, 0) is 0 Å². The standard InChI is InChI=1S/C12H11ClFN3OS/c1-7(12-15-2-3-19-12)5-17-11(18)9-4-8(14)6-16-10(9)13/h2-4,6-7H,5H2,1H3,(H,17,18). The van der Waals surface area contributed by atoms with Gasteiger partial charge in [-0.1, -0.05) is 18.5 Å². The highest BCUT2D eigenvalue weighted by atomic mass is 35.5. The van der Waals surface area contributed by atoms with Crippen molar-refractivity contribution in [3.8, 4) is 0 Å². The van der Waals surface area contributed by atoms with Crippen LogP contribution in [0.5, 0.6) is 0 Å². The van der Waals surface area contributed by atoms with Gasteiger partial charge in [-0.2, -0.15) is 0 Å². The molecule has 19 heavy (non-hydrogen) atoms. The van der Waals surface area contributed by atoms with Crippen LogP contribution in [0.25, 0.3) is 0 Å². The summed E-state index contributed by atoms with van der Waals surface area (Å²) in [6.45, 7) is 2.35. The zero-order valence-electron chi connectivity index (χ0n) is 10.1. The first-order valence-corrected chi connectivity index (χ1v) is 6.82. The molecule has 4 nitrogen and oxygen atoms in total. The van der Waals surface area contributed by atoms with Gasteiger partial charge in [-0.05, 0) is 6.07 Å². The number of nitrogens with one attached hydrogen (secondary N) is 1. The molecule has 2 rings (SSSR count). The highest BCUT2D eigenvalue weighted by molar-refractivity contribution is 7.09. The van der Waals surface area contributed by atoms with Crippen molar-refractivity contribution in [2.24, 2.45) is 0 Å². The third-order valence-corrected chi connectivity index (χ3v) is 3.80. The molecule has 1 atom stereocenters. The maximum absolute atomic E-state index is 13.0. The molecule has 0 aliphatic heterocycles. The second kappa shape index (κ2) is 6.08. The average molecular weight is 300 g/mol. The number of hydrogen-bond donors (Lipinski definition) is 1. The molecular weight excluding hydrogens is 289 g/mol. The van der Waals surface area contributed by atoms with Gasteiger partial charge in [-0.15, -0.1) is 11.3 Å². The van der Waals surface area contributed by atoms with Crippen LogP contribution in [-0.4, -0.2) is 22.4 Å². The Labute approximate surface area is 118 Å². The average Bonchev–Trinajstić information content (AvgIpc) is 2.92. The van der Waals surface area contributed by atoms with E-state index in [0.717, 1.165) is 17.3 Å². The van der Waals surface area contributed by atoms with Crippen molar-refractivity contribution in [2.45, 2.75) is 12.8 Å². The molecule has 100 valence electrons. The second-order valence-electron chi connectivity index (χ2n) is 3.97. The topological polar surface area (TPSA) is 54.9 Å². The normalized spacial score (nSPS) is 12.2. The minimum Gasteiger partial charge on any atom is -0.351 e. The van der Waals surface area contributed by atoms with Gasteiger partial charge in [-0.3, -0.25) is 4.79 Å². The van der Waals surface area contributed by atoms with Gasteiger partial charge in [0.1, 0.15) is 11.0 Å². The summed E-state index contributed by atoms with van der Waals surface area (Å²) in [5, 5.41) is 5.49. The van der Waals surface area contributed by atoms with Crippen molar-refractivity contribution < 1.29 is 9.18 Å². The van der Waals surface area contributed by atoms with E-state index in [4.69, 9.17) is 11.6 Å². The molecular formula is C12H11ClFN3OS. The van der Waals surface area contributed by atoms with E-state index in [1.165, 1.54) is 11.3 Å². The molecule has 1 N–H and O–H groups in total. The van der Waals surface area contributed by atoms with Crippen LogP contribution in [0.3, 0.4) is 0 Å². The quantitative estimate of drug-likeness (QED) is 0.883. The van der Waals surface area contributed by atoms with E-state index >= 15 is 0 Å². The van der Waals surface area contributed by atoms with E-state index < -0.39 is 11.7 Å². The van der Waals surface area contributed by atoms with E-state index in [2.05, 4.69) is 15.3 Å². The number of thiazole rings is 1. The van der Waals surface area contributed by atoms with Crippen LogP contribution in [0.4, 0.5) is 4.39 Å². The molecule has 0 aromatic carbocycles. The number of carbonyl (C=O) groups is 1. The molecule has 0 fully saturated rings. The molecule has 2 aromatic heterocycles. The highest BCUT2D eigenvalue weighted by Crippen LogP contribution is 2.17. The lowest BCUT2D eigenvalue weighted by Gasteiger charge is -2.10. The number of amides is 1. The van der Waals surface area contributed by atoms with Crippen LogP contribution >= 0.6 is 22.9 Å². The van der Waals surface area contributed by atoms with Gasteiger partial charge in [0.15, 0.2) is 0 Å². The zero-order chi connectivity index (χ0) is 13.8. The maximum atomic E-state index is 13.0. The van der Waals surface area contributed by atoms with Gasteiger partial charge in [0.05, 0.1) is 16.8 Å². The Morgan fingerprint density at radius 2 is 2.37 bits per heavy atom. The molecule has 7 heteroatoms.